The number of ether oxygens (including phenoxy) is 1. The number of methoxy groups -OCH3 is 1. The average molecular weight is 214 g/mol. The molecule has 0 spiro atoms. The second-order valence-corrected chi connectivity index (χ2v) is 4.74. The number of hydrogen-bond acceptors (Lipinski definition) is 3. The summed E-state index contributed by atoms with van der Waals surface area (Å²) in [7, 11) is 1.80. The van der Waals surface area contributed by atoms with Gasteiger partial charge in [-0.05, 0) is 51.6 Å². The summed E-state index contributed by atoms with van der Waals surface area (Å²) in [6.45, 7) is 6.52. The predicted molar refractivity (Wildman–Crippen MR) is 63.9 cm³/mol. The highest BCUT2D eigenvalue weighted by Gasteiger charge is 2.22. The van der Waals surface area contributed by atoms with Crippen LogP contribution in [0.3, 0.4) is 0 Å². The highest BCUT2D eigenvalue weighted by atomic mass is 16.5. The van der Waals surface area contributed by atoms with Crippen molar-refractivity contribution in [2.75, 3.05) is 33.4 Å². The number of rotatable bonds is 6. The Hall–Kier alpha value is -0.120. The molecule has 2 N–H and O–H groups in total. The summed E-state index contributed by atoms with van der Waals surface area (Å²) in [6.07, 6.45) is 5.03. The van der Waals surface area contributed by atoms with E-state index in [1.165, 1.54) is 32.4 Å². The minimum Gasteiger partial charge on any atom is -0.384 e. The lowest BCUT2D eigenvalue weighted by atomic mass is 9.97. The van der Waals surface area contributed by atoms with Crippen molar-refractivity contribution in [1.29, 1.82) is 0 Å². The topological polar surface area (TPSA) is 38.5 Å². The molecule has 2 unspecified atom stereocenters. The first-order chi connectivity index (χ1) is 7.27. The van der Waals surface area contributed by atoms with Gasteiger partial charge in [-0.15, -0.1) is 0 Å². The van der Waals surface area contributed by atoms with Gasteiger partial charge in [-0.1, -0.05) is 0 Å². The summed E-state index contributed by atoms with van der Waals surface area (Å²) < 4.78 is 5.24. The molecule has 2 atom stereocenters. The van der Waals surface area contributed by atoms with Gasteiger partial charge < -0.3 is 15.4 Å². The van der Waals surface area contributed by atoms with Crippen molar-refractivity contribution in [3.8, 4) is 0 Å². The fraction of sp³-hybridized carbons (Fsp3) is 1.00. The van der Waals surface area contributed by atoms with Gasteiger partial charge in [0.05, 0.1) is 6.61 Å². The fourth-order valence-electron chi connectivity index (χ4n) is 2.47. The monoisotopic (exact) mass is 214 g/mol. The maximum absolute atomic E-state index is 5.54. The van der Waals surface area contributed by atoms with E-state index in [4.69, 9.17) is 10.5 Å². The molecule has 3 heteroatoms. The lowest BCUT2D eigenvalue weighted by Gasteiger charge is -2.36. The quantitative estimate of drug-likeness (QED) is 0.728. The fourth-order valence-corrected chi connectivity index (χ4v) is 2.47. The Morgan fingerprint density at radius 3 is 3.00 bits per heavy atom. The summed E-state index contributed by atoms with van der Waals surface area (Å²) in [6, 6.07) is 0.688. The molecule has 1 aliphatic rings. The summed E-state index contributed by atoms with van der Waals surface area (Å²) in [5, 5.41) is 0. The molecule has 0 bridgehead atoms. The molecule has 1 aliphatic heterocycles. The molecule has 0 amide bonds. The number of piperidine rings is 1. The molecule has 0 saturated carbocycles. The van der Waals surface area contributed by atoms with Gasteiger partial charge in [0.1, 0.15) is 0 Å². The van der Waals surface area contributed by atoms with Crippen molar-refractivity contribution < 1.29 is 4.74 Å². The third-order valence-electron chi connectivity index (χ3n) is 3.40. The maximum atomic E-state index is 5.54. The van der Waals surface area contributed by atoms with Gasteiger partial charge in [0.15, 0.2) is 0 Å². The largest absolute Gasteiger partial charge is 0.384 e. The molecule has 15 heavy (non-hydrogen) atoms. The Morgan fingerprint density at radius 2 is 2.33 bits per heavy atom. The third kappa shape index (κ3) is 4.49. The highest BCUT2D eigenvalue weighted by molar-refractivity contribution is 4.76. The van der Waals surface area contributed by atoms with Crippen LogP contribution in [-0.4, -0.2) is 44.3 Å². The second kappa shape index (κ2) is 7.20. The molecule has 0 aromatic carbocycles. The number of hydrogen-bond donors (Lipinski definition) is 1. The summed E-state index contributed by atoms with van der Waals surface area (Å²) in [4.78, 5) is 2.60. The Balaban J connectivity index is 2.27. The van der Waals surface area contributed by atoms with Crippen molar-refractivity contribution in [3.63, 3.8) is 0 Å². The molecule has 0 radical (unpaired) electrons. The van der Waals surface area contributed by atoms with Gasteiger partial charge in [0.25, 0.3) is 0 Å². The molecule has 90 valence electrons. The van der Waals surface area contributed by atoms with Gasteiger partial charge in [-0.25, -0.2) is 0 Å². The van der Waals surface area contributed by atoms with E-state index in [0.29, 0.717) is 6.04 Å². The molecule has 3 nitrogen and oxygen atoms in total. The summed E-state index contributed by atoms with van der Waals surface area (Å²) in [5.74, 6) is 0.740. The first kappa shape index (κ1) is 12.9. The van der Waals surface area contributed by atoms with Gasteiger partial charge in [-0.3, -0.25) is 0 Å². The highest BCUT2D eigenvalue weighted by Crippen LogP contribution is 2.20. The van der Waals surface area contributed by atoms with Crippen LogP contribution in [0, 0.1) is 5.92 Å². The predicted octanol–water partition coefficient (Wildman–Crippen LogP) is 1.47. The van der Waals surface area contributed by atoms with Crippen molar-refractivity contribution in [2.45, 2.75) is 38.6 Å². The number of likely N-dealkylation sites (tertiary alicyclic amines) is 1. The first-order valence-corrected chi connectivity index (χ1v) is 6.21. The Bertz CT molecular complexity index is 162. The van der Waals surface area contributed by atoms with Crippen LogP contribution in [0.4, 0.5) is 0 Å². The SMILES string of the molecule is COCC1CCCN(C(C)CCCN)C1. The Kier molecular flexibility index (Phi) is 6.22. The third-order valence-corrected chi connectivity index (χ3v) is 3.40. The van der Waals surface area contributed by atoms with Crippen molar-refractivity contribution in [3.05, 3.63) is 0 Å². The molecule has 0 aromatic rings. The minimum absolute atomic E-state index is 0.688. The lowest BCUT2D eigenvalue weighted by Crippen LogP contribution is -2.42. The van der Waals surface area contributed by atoms with Crippen LogP contribution in [0.1, 0.15) is 32.6 Å². The molecule has 0 aliphatic carbocycles. The van der Waals surface area contributed by atoms with Crippen LogP contribution in [0.2, 0.25) is 0 Å². The van der Waals surface area contributed by atoms with E-state index in [9.17, 15) is 0 Å². The van der Waals surface area contributed by atoms with Crippen LogP contribution < -0.4 is 5.73 Å². The van der Waals surface area contributed by atoms with Gasteiger partial charge in [0.2, 0.25) is 0 Å². The van der Waals surface area contributed by atoms with E-state index in [1.54, 1.807) is 7.11 Å². The normalized spacial score (nSPS) is 25.4. The minimum atomic E-state index is 0.688. The van der Waals surface area contributed by atoms with Crippen LogP contribution in [-0.2, 0) is 4.74 Å². The van der Waals surface area contributed by atoms with E-state index < -0.39 is 0 Å². The molecule has 0 aromatic heterocycles. The van der Waals surface area contributed by atoms with Crippen molar-refractivity contribution in [1.82, 2.24) is 4.90 Å². The molecule has 1 heterocycles. The molecule has 1 rings (SSSR count). The standard InChI is InChI=1S/C12H26N2O/c1-11(5-3-7-13)14-8-4-6-12(9-14)10-15-2/h11-12H,3-10,13H2,1-2H3. The van der Waals surface area contributed by atoms with Crippen LogP contribution >= 0.6 is 0 Å². The summed E-state index contributed by atoms with van der Waals surface area (Å²) >= 11 is 0. The maximum Gasteiger partial charge on any atom is 0.0502 e. The zero-order chi connectivity index (χ0) is 11.1. The Labute approximate surface area is 94.0 Å². The van der Waals surface area contributed by atoms with E-state index >= 15 is 0 Å². The van der Waals surface area contributed by atoms with Crippen LogP contribution in [0.15, 0.2) is 0 Å². The lowest BCUT2D eigenvalue weighted by molar-refractivity contribution is 0.0698. The molecule has 1 saturated heterocycles. The van der Waals surface area contributed by atoms with Crippen LogP contribution in [0.25, 0.3) is 0 Å². The van der Waals surface area contributed by atoms with E-state index in [1.807, 2.05) is 0 Å². The smallest absolute Gasteiger partial charge is 0.0502 e. The number of nitrogens with zero attached hydrogens (tertiary/aromatic N) is 1. The van der Waals surface area contributed by atoms with Gasteiger partial charge in [0, 0.05) is 19.7 Å². The van der Waals surface area contributed by atoms with Gasteiger partial charge >= 0.3 is 0 Å². The average Bonchev–Trinajstić information content (AvgIpc) is 2.27. The van der Waals surface area contributed by atoms with Crippen molar-refractivity contribution in [2.24, 2.45) is 11.7 Å². The zero-order valence-corrected chi connectivity index (χ0v) is 10.2. The van der Waals surface area contributed by atoms with Gasteiger partial charge in [-0.2, -0.15) is 0 Å². The first-order valence-electron chi connectivity index (χ1n) is 6.21. The number of nitrogens with two attached hydrogens (primary N) is 1. The molecular formula is C12H26N2O. The summed E-state index contributed by atoms with van der Waals surface area (Å²) in [5.41, 5.74) is 5.54. The van der Waals surface area contributed by atoms with E-state index in [-0.39, 0.29) is 0 Å². The second-order valence-electron chi connectivity index (χ2n) is 4.74. The molecular weight excluding hydrogens is 188 g/mol. The van der Waals surface area contributed by atoms with Crippen molar-refractivity contribution >= 4 is 0 Å². The van der Waals surface area contributed by atoms with E-state index in [2.05, 4.69) is 11.8 Å². The molecule has 1 fully saturated rings. The Morgan fingerprint density at radius 1 is 1.53 bits per heavy atom. The van der Waals surface area contributed by atoms with Crippen LogP contribution in [0.5, 0.6) is 0 Å². The van der Waals surface area contributed by atoms with E-state index in [0.717, 1.165) is 25.5 Å². The zero-order valence-electron chi connectivity index (χ0n) is 10.2.